The predicted molar refractivity (Wildman–Crippen MR) is 84.7 cm³/mol. The minimum Gasteiger partial charge on any atom is -0.387 e. The number of rotatable bonds is 4. The van der Waals surface area contributed by atoms with E-state index in [4.69, 9.17) is 11.6 Å². The standard InChI is InChI=1S/C16H16ClFN2O/c1-3-20(13-6-4-5-12(18)10-13)16(21)14-9-11(17)7-8-15(14)19-2/h4-10,19H,3H2,1-2H3. The molecule has 0 fully saturated rings. The third-order valence-corrected chi connectivity index (χ3v) is 3.40. The topological polar surface area (TPSA) is 32.3 Å². The van der Waals surface area contributed by atoms with Crippen LogP contribution < -0.4 is 10.2 Å². The Balaban J connectivity index is 2.43. The minimum atomic E-state index is -0.376. The molecule has 3 nitrogen and oxygen atoms in total. The van der Waals surface area contributed by atoms with E-state index in [1.807, 2.05) is 6.92 Å². The number of benzene rings is 2. The van der Waals surface area contributed by atoms with E-state index in [1.165, 1.54) is 17.0 Å². The fraction of sp³-hybridized carbons (Fsp3) is 0.188. The molecule has 1 amide bonds. The normalized spacial score (nSPS) is 10.3. The number of amides is 1. The first kappa shape index (κ1) is 15.3. The molecule has 0 aliphatic heterocycles. The van der Waals surface area contributed by atoms with Crippen LogP contribution in [0, 0.1) is 5.82 Å². The first-order chi connectivity index (χ1) is 10.1. The van der Waals surface area contributed by atoms with Crippen LogP contribution in [-0.4, -0.2) is 19.5 Å². The van der Waals surface area contributed by atoms with E-state index >= 15 is 0 Å². The molecule has 0 aromatic heterocycles. The zero-order valence-corrected chi connectivity index (χ0v) is 12.6. The number of nitrogens with one attached hydrogen (secondary N) is 1. The maximum absolute atomic E-state index is 13.4. The molecule has 5 heteroatoms. The van der Waals surface area contributed by atoms with Crippen LogP contribution in [0.15, 0.2) is 42.5 Å². The average Bonchev–Trinajstić information content (AvgIpc) is 2.48. The predicted octanol–water partition coefficient (Wildman–Crippen LogP) is 4.19. The molecule has 0 saturated carbocycles. The number of hydrogen-bond acceptors (Lipinski definition) is 2. The summed E-state index contributed by atoms with van der Waals surface area (Å²) in [7, 11) is 1.73. The average molecular weight is 307 g/mol. The lowest BCUT2D eigenvalue weighted by Crippen LogP contribution is -2.31. The van der Waals surface area contributed by atoms with Crippen LogP contribution in [0.3, 0.4) is 0 Å². The van der Waals surface area contributed by atoms with Gasteiger partial charge in [-0.2, -0.15) is 0 Å². The Kier molecular flexibility index (Phi) is 4.81. The Hall–Kier alpha value is -2.07. The van der Waals surface area contributed by atoms with E-state index in [0.29, 0.717) is 28.5 Å². The molecular formula is C16H16ClFN2O. The summed E-state index contributed by atoms with van der Waals surface area (Å²) in [5.74, 6) is -0.603. The third kappa shape index (κ3) is 3.34. The van der Waals surface area contributed by atoms with Crippen molar-refractivity contribution < 1.29 is 9.18 Å². The van der Waals surface area contributed by atoms with Gasteiger partial charge in [0.1, 0.15) is 5.82 Å². The van der Waals surface area contributed by atoms with Gasteiger partial charge in [0.2, 0.25) is 0 Å². The Bertz CT molecular complexity index is 660. The molecular weight excluding hydrogens is 291 g/mol. The fourth-order valence-corrected chi connectivity index (χ4v) is 2.32. The zero-order valence-electron chi connectivity index (χ0n) is 11.9. The second kappa shape index (κ2) is 6.59. The summed E-state index contributed by atoms with van der Waals surface area (Å²) in [6.45, 7) is 2.27. The summed E-state index contributed by atoms with van der Waals surface area (Å²) in [4.78, 5) is 14.2. The number of halogens is 2. The largest absolute Gasteiger partial charge is 0.387 e. The highest BCUT2D eigenvalue weighted by atomic mass is 35.5. The van der Waals surface area contributed by atoms with Crippen molar-refractivity contribution in [1.29, 1.82) is 0 Å². The van der Waals surface area contributed by atoms with Gasteiger partial charge in [-0.1, -0.05) is 17.7 Å². The molecule has 0 radical (unpaired) electrons. The van der Waals surface area contributed by atoms with Crippen molar-refractivity contribution in [2.24, 2.45) is 0 Å². The van der Waals surface area contributed by atoms with Gasteiger partial charge in [0.25, 0.3) is 5.91 Å². The first-order valence-corrected chi connectivity index (χ1v) is 6.99. The summed E-state index contributed by atoms with van der Waals surface area (Å²) in [6, 6.07) is 11.0. The van der Waals surface area contributed by atoms with Crippen molar-refractivity contribution in [3.05, 3.63) is 58.9 Å². The van der Waals surface area contributed by atoms with E-state index < -0.39 is 0 Å². The van der Waals surface area contributed by atoms with Crippen LogP contribution in [0.5, 0.6) is 0 Å². The summed E-state index contributed by atoms with van der Waals surface area (Å²) in [5, 5.41) is 3.44. The second-order valence-electron chi connectivity index (χ2n) is 4.47. The van der Waals surface area contributed by atoms with Crippen LogP contribution in [0.2, 0.25) is 5.02 Å². The van der Waals surface area contributed by atoms with Gasteiger partial charge < -0.3 is 10.2 Å². The molecule has 2 aromatic carbocycles. The van der Waals surface area contributed by atoms with Gasteiger partial charge in [-0.05, 0) is 43.3 Å². The van der Waals surface area contributed by atoms with Crippen LogP contribution in [0.4, 0.5) is 15.8 Å². The Morgan fingerprint density at radius 2 is 2.05 bits per heavy atom. The number of nitrogens with zero attached hydrogens (tertiary/aromatic N) is 1. The fourth-order valence-electron chi connectivity index (χ4n) is 2.14. The van der Waals surface area contributed by atoms with Crippen LogP contribution >= 0.6 is 11.6 Å². The quantitative estimate of drug-likeness (QED) is 0.918. The second-order valence-corrected chi connectivity index (χ2v) is 4.91. The molecule has 21 heavy (non-hydrogen) atoms. The summed E-state index contributed by atoms with van der Waals surface area (Å²) in [6.07, 6.45) is 0. The van der Waals surface area contributed by atoms with Crippen molar-refractivity contribution in [3.63, 3.8) is 0 Å². The Morgan fingerprint density at radius 1 is 1.29 bits per heavy atom. The zero-order chi connectivity index (χ0) is 15.4. The van der Waals surface area contributed by atoms with Gasteiger partial charge in [0.15, 0.2) is 0 Å². The molecule has 2 aromatic rings. The maximum Gasteiger partial charge on any atom is 0.260 e. The van der Waals surface area contributed by atoms with E-state index in [0.717, 1.165) is 0 Å². The highest BCUT2D eigenvalue weighted by molar-refractivity contribution is 6.31. The van der Waals surface area contributed by atoms with Gasteiger partial charge in [-0.3, -0.25) is 4.79 Å². The van der Waals surface area contributed by atoms with Gasteiger partial charge in [0.05, 0.1) is 5.56 Å². The summed E-state index contributed by atoms with van der Waals surface area (Å²) >= 11 is 5.98. The number of hydrogen-bond donors (Lipinski definition) is 1. The van der Waals surface area contributed by atoms with E-state index in [2.05, 4.69) is 5.32 Å². The number of carbonyl (C=O) groups excluding carboxylic acids is 1. The highest BCUT2D eigenvalue weighted by Gasteiger charge is 2.19. The number of carbonyl (C=O) groups is 1. The Labute approximate surface area is 128 Å². The van der Waals surface area contributed by atoms with Crippen LogP contribution in [0.1, 0.15) is 17.3 Å². The van der Waals surface area contributed by atoms with Crippen molar-refractivity contribution in [2.45, 2.75) is 6.92 Å². The molecule has 0 heterocycles. The lowest BCUT2D eigenvalue weighted by molar-refractivity contribution is 0.0989. The lowest BCUT2D eigenvalue weighted by Gasteiger charge is -2.22. The number of anilines is 2. The molecule has 0 spiro atoms. The summed E-state index contributed by atoms with van der Waals surface area (Å²) < 4.78 is 13.4. The molecule has 2 rings (SSSR count). The SMILES string of the molecule is CCN(C(=O)c1cc(Cl)ccc1NC)c1cccc(F)c1. The van der Waals surface area contributed by atoms with Gasteiger partial charge >= 0.3 is 0 Å². The first-order valence-electron chi connectivity index (χ1n) is 6.61. The smallest absolute Gasteiger partial charge is 0.260 e. The maximum atomic E-state index is 13.4. The molecule has 0 aliphatic carbocycles. The molecule has 0 atom stereocenters. The summed E-state index contributed by atoms with van der Waals surface area (Å²) in [5.41, 5.74) is 1.65. The third-order valence-electron chi connectivity index (χ3n) is 3.16. The molecule has 0 aliphatic rings. The van der Waals surface area contributed by atoms with Crippen molar-refractivity contribution in [2.75, 3.05) is 23.8 Å². The van der Waals surface area contributed by atoms with Gasteiger partial charge in [0, 0.05) is 30.0 Å². The molecule has 0 unspecified atom stereocenters. The Morgan fingerprint density at radius 3 is 2.67 bits per heavy atom. The van der Waals surface area contributed by atoms with E-state index in [-0.39, 0.29) is 11.7 Å². The van der Waals surface area contributed by atoms with Crippen molar-refractivity contribution >= 4 is 28.9 Å². The molecule has 0 bridgehead atoms. The van der Waals surface area contributed by atoms with E-state index in [1.54, 1.807) is 37.4 Å². The van der Waals surface area contributed by atoms with Crippen molar-refractivity contribution in [3.8, 4) is 0 Å². The van der Waals surface area contributed by atoms with Crippen LogP contribution in [-0.2, 0) is 0 Å². The minimum absolute atomic E-state index is 0.227. The molecule has 110 valence electrons. The monoisotopic (exact) mass is 306 g/mol. The molecule has 0 saturated heterocycles. The molecule has 1 N–H and O–H groups in total. The highest BCUT2D eigenvalue weighted by Crippen LogP contribution is 2.25. The van der Waals surface area contributed by atoms with Gasteiger partial charge in [-0.25, -0.2) is 4.39 Å². The van der Waals surface area contributed by atoms with Crippen molar-refractivity contribution in [1.82, 2.24) is 0 Å². The lowest BCUT2D eigenvalue weighted by atomic mass is 10.1. The van der Waals surface area contributed by atoms with Crippen LogP contribution in [0.25, 0.3) is 0 Å². The van der Waals surface area contributed by atoms with Gasteiger partial charge in [-0.15, -0.1) is 0 Å². The van der Waals surface area contributed by atoms with E-state index in [9.17, 15) is 9.18 Å².